The number of hydrogen-bond donors (Lipinski definition) is 2. The van der Waals surface area contributed by atoms with Gasteiger partial charge >= 0.3 is 5.97 Å². The molecule has 0 aliphatic heterocycles. The minimum absolute atomic E-state index is 0.0397. The normalized spacial score (nSPS) is 12.1. The van der Waals surface area contributed by atoms with E-state index in [1.165, 1.54) is 12.3 Å². The average Bonchev–Trinajstić information content (AvgIpc) is 2.70. The van der Waals surface area contributed by atoms with Gasteiger partial charge in [-0.2, -0.15) is 0 Å². The number of carbonyl (C=O) groups excluding carboxylic acids is 1. The van der Waals surface area contributed by atoms with Gasteiger partial charge in [0.15, 0.2) is 0 Å². The molecule has 0 saturated heterocycles. The van der Waals surface area contributed by atoms with Gasteiger partial charge in [0, 0.05) is 0 Å². The highest BCUT2D eigenvalue weighted by atomic mass is 35.5. The second-order valence-electron chi connectivity index (χ2n) is 3.61. The number of hydrogen-bond acceptors (Lipinski definition) is 3. The van der Waals surface area contributed by atoms with Gasteiger partial charge < -0.3 is 14.8 Å². The molecule has 5 nitrogen and oxygen atoms in total. The van der Waals surface area contributed by atoms with Gasteiger partial charge in [-0.25, -0.2) is 4.79 Å². The Morgan fingerprint density at radius 1 is 1.59 bits per heavy atom. The van der Waals surface area contributed by atoms with Crippen LogP contribution < -0.4 is 5.32 Å². The Morgan fingerprint density at radius 3 is 2.76 bits per heavy atom. The summed E-state index contributed by atoms with van der Waals surface area (Å²) in [6, 6.07) is 0.504. The fourth-order valence-corrected chi connectivity index (χ4v) is 1.56. The van der Waals surface area contributed by atoms with E-state index < -0.39 is 17.9 Å². The van der Waals surface area contributed by atoms with E-state index in [1.54, 1.807) is 0 Å². The first kappa shape index (κ1) is 13.6. The molecule has 0 aliphatic carbocycles. The summed E-state index contributed by atoms with van der Waals surface area (Å²) in [6.07, 6.45) is 3.27. The second-order valence-corrected chi connectivity index (χ2v) is 3.96. The van der Waals surface area contributed by atoms with E-state index in [2.05, 4.69) is 5.32 Å². The van der Waals surface area contributed by atoms with Crippen molar-refractivity contribution in [2.45, 2.75) is 32.2 Å². The van der Waals surface area contributed by atoms with Gasteiger partial charge in [0.1, 0.15) is 6.04 Å². The Labute approximate surface area is 104 Å². The summed E-state index contributed by atoms with van der Waals surface area (Å²) in [4.78, 5) is 22.6. The van der Waals surface area contributed by atoms with Gasteiger partial charge in [0.05, 0.1) is 11.8 Å². The van der Waals surface area contributed by atoms with Crippen molar-refractivity contribution in [3.63, 3.8) is 0 Å². The maximum Gasteiger partial charge on any atom is 0.326 e. The number of carboxylic acids is 1. The van der Waals surface area contributed by atoms with E-state index in [9.17, 15) is 9.59 Å². The summed E-state index contributed by atoms with van der Waals surface area (Å²) < 4.78 is 4.77. The minimum Gasteiger partial charge on any atom is -0.480 e. The van der Waals surface area contributed by atoms with Crippen LogP contribution in [0.3, 0.4) is 0 Å². The van der Waals surface area contributed by atoms with E-state index in [0.29, 0.717) is 6.42 Å². The summed E-state index contributed by atoms with van der Waals surface area (Å²) >= 11 is 5.63. The number of nitrogens with one attached hydrogen (secondary N) is 1. The van der Waals surface area contributed by atoms with Gasteiger partial charge in [-0.3, -0.25) is 4.79 Å². The number of aliphatic carboxylic acids is 1. The molecule has 0 fully saturated rings. The fourth-order valence-electron chi connectivity index (χ4n) is 1.36. The highest BCUT2D eigenvalue weighted by Crippen LogP contribution is 2.16. The smallest absolute Gasteiger partial charge is 0.326 e. The molecule has 1 atom stereocenters. The Bertz CT molecular complexity index is 402. The third-order valence-electron chi connectivity index (χ3n) is 2.31. The first-order valence-corrected chi connectivity index (χ1v) is 5.70. The van der Waals surface area contributed by atoms with Crippen LogP contribution in [0.2, 0.25) is 5.22 Å². The Hall–Kier alpha value is -1.49. The van der Waals surface area contributed by atoms with Crippen LogP contribution in [-0.2, 0) is 4.79 Å². The first-order chi connectivity index (χ1) is 8.06. The SMILES string of the molecule is CCCCC(NC(=O)c1ccoc1Cl)C(=O)O. The van der Waals surface area contributed by atoms with Crippen LogP contribution in [0, 0.1) is 0 Å². The fraction of sp³-hybridized carbons (Fsp3) is 0.455. The third-order valence-corrected chi connectivity index (χ3v) is 2.61. The molecular formula is C11H14ClNO4. The van der Waals surface area contributed by atoms with Crippen molar-refractivity contribution in [1.29, 1.82) is 0 Å². The average molecular weight is 260 g/mol. The monoisotopic (exact) mass is 259 g/mol. The summed E-state index contributed by atoms with van der Waals surface area (Å²) in [5, 5.41) is 11.3. The van der Waals surface area contributed by atoms with Gasteiger partial charge in [-0.1, -0.05) is 19.8 Å². The molecule has 6 heteroatoms. The Kier molecular flexibility index (Phi) is 5.03. The van der Waals surface area contributed by atoms with Crippen LogP contribution in [-0.4, -0.2) is 23.0 Å². The zero-order valence-electron chi connectivity index (χ0n) is 9.40. The van der Waals surface area contributed by atoms with Gasteiger partial charge in [0.25, 0.3) is 5.91 Å². The molecule has 2 N–H and O–H groups in total. The number of amides is 1. The molecule has 1 rings (SSSR count). The lowest BCUT2D eigenvalue weighted by atomic mass is 10.1. The molecule has 0 saturated carbocycles. The van der Waals surface area contributed by atoms with Crippen LogP contribution in [0.15, 0.2) is 16.7 Å². The molecule has 0 spiro atoms. The highest BCUT2D eigenvalue weighted by molar-refractivity contribution is 6.32. The molecule has 94 valence electrons. The number of rotatable bonds is 6. The van der Waals surface area contributed by atoms with Crippen molar-refractivity contribution in [2.75, 3.05) is 0 Å². The summed E-state index contributed by atoms with van der Waals surface area (Å²) in [5.41, 5.74) is 0.148. The zero-order valence-corrected chi connectivity index (χ0v) is 10.2. The number of carboxylic acid groups (broad SMARTS) is 1. The molecule has 1 amide bonds. The van der Waals surface area contributed by atoms with E-state index in [-0.39, 0.29) is 10.8 Å². The number of unbranched alkanes of at least 4 members (excludes halogenated alkanes) is 1. The summed E-state index contributed by atoms with van der Waals surface area (Å²) in [6.45, 7) is 1.95. The predicted octanol–water partition coefficient (Wildman–Crippen LogP) is 2.31. The maximum absolute atomic E-state index is 11.7. The zero-order chi connectivity index (χ0) is 12.8. The van der Waals surface area contributed by atoms with E-state index in [4.69, 9.17) is 21.1 Å². The van der Waals surface area contributed by atoms with Crippen molar-refractivity contribution in [3.05, 3.63) is 23.1 Å². The van der Waals surface area contributed by atoms with E-state index in [0.717, 1.165) is 12.8 Å². The van der Waals surface area contributed by atoms with Crippen molar-refractivity contribution >= 4 is 23.5 Å². The molecule has 1 aromatic rings. The van der Waals surface area contributed by atoms with Crippen molar-refractivity contribution in [3.8, 4) is 0 Å². The van der Waals surface area contributed by atoms with Crippen LogP contribution in [0.4, 0.5) is 0 Å². The van der Waals surface area contributed by atoms with Gasteiger partial charge in [-0.05, 0) is 24.1 Å². The maximum atomic E-state index is 11.7. The highest BCUT2D eigenvalue weighted by Gasteiger charge is 2.22. The summed E-state index contributed by atoms with van der Waals surface area (Å²) in [5.74, 6) is -1.58. The van der Waals surface area contributed by atoms with Crippen molar-refractivity contribution < 1.29 is 19.1 Å². The largest absolute Gasteiger partial charge is 0.480 e. The van der Waals surface area contributed by atoms with Gasteiger partial charge in [0.2, 0.25) is 5.22 Å². The van der Waals surface area contributed by atoms with E-state index in [1.807, 2.05) is 6.92 Å². The topological polar surface area (TPSA) is 79.5 Å². The van der Waals surface area contributed by atoms with Crippen LogP contribution in [0.5, 0.6) is 0 Å². The lowest BCUT2D eigenvalue weighted by molar-refractivity contribution is -0.139. The quantitative estimate of drug-likeness (QED) is 0.822. The molecule has 17 heavy (non-hydrogen) atoms. The third kappa shape index (κ3) is 3.78. The molecule has 0 aromatic carbocycles. The number of halogens is 1. The molecule has 1 heterocycles. The Morgan fingerprint density at radius 2 is 2.29 bits per heavy atom. The standard InChI is InChI=1S/C11H14ClNO4/c1-2-3-4-8(11(15)16)13-10(14)7-5-6-17-9(7)12/h5-6,8H,2-4H2,1H3,(H,13,14)(H,15,16). The Balaban J connectivity index is 2.64. The number of furan rings is 1. The molecular weight excluding hydrogens is 246 g/mol. The summed E-state index contributed by atoms with van der Waals surface area (Å²) in [7, 11) is 0. The molecule has 0 bridgehead atoms. The molecule has 1 aromatic heterocycles. The molecule has 0 radical (unpaired) electrons. The molecule has 0 aliphatic rings. The first-order valence-electron chi connectivity index (χ1n) is 5.33. The van der Waals surface area contributed by atoms with Crippen LogP contribution >= 0.6 is 11.6 Å². The predicted molar refractivity (Wildman–Crippen MR) is 62.1 cm³/mol. The van der Waals surface area contributed by atoms with Gasteiger partial charge in [-0.15, -0.1) is 0 Å². The van der Waals surface area contributed by atoms with Crippen LogP contribution in [0.25, 0.3) is 0 Å². The minimum atomic E-state index is -1.05. The van der Waals surface area contributed by atoms with Crippen LogP contribution in [0.1, 0.15) is 36.5 Å². The van der Waals surface area contributed by atoms with Crippen molar-refractivity contribution in [2.24, 2.45) is 0 Å². The lowest BCUT2D eigenvalue weighted by Crippen LogP contribution is -2.40. The molecule has 1 unspecified atom stereocenters. The van der Waals surface area contributed by atoms with E-state index >= 15 is 0 Å². The second kappa shape index (κ2) is 6.30. The number of carbonyl (C=O) groups is 2. The van der Waals surface area contributed by atoms with Crippen molar-refractivity contribution in [1.82, 2.24) is 5.32 Å². The lowest BCUT2D eigenvalue weighted by Gasteiger charge is -2.13.